The molecule has 3 nitrogen and oxygen atoms in total. The molecule has 1 saturated heterocycles. The maximum atomic E-state index is 11.8. The zero-order valence-electron chi connectivity index (χ0n) is 8.61. The van der Waals surface area contributed by atoms with E-state index < -0.39 is 0 Å². The van der Waals surface area contributed by atoms with Crippen LogP contribution in [0, 0.1) is 11.8 Å². The van der Waals surface area contributed by atoms with Gasteiger partial charge in [0, 0.05) is 12.2 Å². The zero-order chi connectivity index (χ0) is 10.3. The molecule has 3 rings (SSSR count). The number of rotatable bonds is 2. The predicted octanol–water partition coefficient (Wildman–Crippen LogP) is 1.02. The first-order valence-electron chi connectivity index (χ1n) is 5.61. The van der Waals surface area contributed by atoms with Gasteiger partial charge in [-0.3, -0.25) is 4.79 Å². The molecule has 3 aliphatic rings. The van der Waals surface area contributed by atoms with Crippen LogP contribution in [0.1, 0.15) is 12.8 Å². The van der Waals surface area contributed by atoms with Crippen LogP contribution < -0.4 is 5.32 Å². The van der Waals surface area contributed by atoms with E-state index in [-0.39, 0.29) is 11.9 Å². The van der Waals surface area contributed by atoms with Gasteiger partial charge in [0.05, 0.1) is 12.6 Å². The Morgan fingerprint density at radius 2 is 2.40 bits per heavy atom. The van der Waals surface area contributed by atoms with Crippen molar-refractivity contribution in [3.63, 3.8) is 0 Å². The average molecular weight is 205 g/mol. The molecule has 2 aliphatic carbocycles. The summed E-state index contributed by atoms with van der Waals surface area (Å²) in [5.41, 5.74) is 0.834. The molecule has 1 saturated carbocycles. The normalized spacial score (nSPS) is 37.1. The molecule has 0 radical (unpaired) electrons. The highest BCUT2D eigenvalue weighted by Crippen LogP contribution is 2.44. The predicted molar refractivity (Wildman–Crippen MR) is 56.2 cm³/mol. The standard InChI is InChI=1S/C12H15NO2/c14-12(13-11-3-4-15-7-11)9-2-1-8-5-10(8)6-9/h1-2,6,8,10-11H,3-5,7H2,(H,13,14). The number of carbonyl (C=O) groups is 1. The second-order valence-electron chi connectivity index (χ2n) is 4.58. The van der Waals surface area contributed by atoms with Gasteiger partial charge in [-0.15, -0.1) is 0 Å². The molecule has 1 aliphatic heterocycles. The minimum Gasteiger partial charge on any atom is -0.379 e. The van der Waals surface area contributed by atoms with Gasteiger partial charge in [-0.25, -0.2) is 0 Å². The molecule has 3 atom stereocenters. The summed E-state index contributed by atoms with van der Waals surface area (Å²) in [5.74, 6) is 1.42. The third-order valence-corrected chi connectivity index (χ3v) is 3.33. The Morgan fingerprint density at radius 1 is 1.47 bits per heavy atom. The summed E-state index contributed by atoms with van der Waals surface area (Å²) in [6.07, 6.45) is 8.38. The van der Waals surface area contributed by atoms with Crippen LogP contribution in [-0.2, 0) is 9.53 Å². The fraction of sp³-hybridized carbons (Fsp3) is 0.583. The van der Waals surface area contributed by atoms with E-state index in [1.165, 1.54) is 6.42 Å². The lowest BCUT2D eigenvalue weighted by atomic mass is 10.1. The van der Waals surface area contributed by atoms with Crippen LogP contribution in [-0.4, -0.2) is 25.2 Å². The molecule has 80 valence electrons. The van der Waals surface area contributed by atoms with Gasteiger partial charge in [-0.2, -0.15) is 0 Å². The summed E-state index contributed by atoms with van der Waals surface area (Å²) < 4.78 is 5.22. The van der Waals surface area contributed by atoms with Crippen LogP contribution >= 0.6 is 0 Å². The lowest BCUT2D eigenvalue weighted by molar-refractivity contribution is -0.117. The van der Waals surface area contributed by atoms with Crippen molar-refractivity contribution < 1.29 is 9.53 Å². The van der Waals surface area contributed by atoms with Gasteiger partial charge in [-0.05, 0) is 24.7 Å². The highest BCUT2D eigenvalue weighted by molar-refractivity contribution is 5.96. The number of allylic oxidation sites excluding steroid dienone is 2. The Kier molecular flexibility index (Phi) is 2.13. The third kappa shape index (κ3) is 1.84. The molecule has 1 N–H and O–H groups in total. The highest BCUT2D eigenvalue weighted by Gasteiger charge is 2.36. The molecular weight excluding hydrogens is 190 g/mol. The lowest BCUT2D eigenvalue weighted by Crippen LogP contribution is -2.35. The molecule has 0 aromatic rings. The Hall–Kier alpha value is -1.09. The lowest BCUT2D eigenvalue weighted by Gasteiger charge is -2.12. The van der Waals surface area contributed by atoms with Crippen LogP contribution in [0.4, 0.5) is 0 Å². The average Bonchev–Trinajstić information content (AvgIpc) is 2.85. The second kappa shape index (κ2) is 3.49. The molecule has 3 unspecified atom stereocenters. The highest BCUT2D eigenvalue weighted by atomic mass is 16.5. The number of hydrogen-bond acceptors (Lipinski definition) is 2. The number of fused-ring (bicyclic) bond motifs is 1. The molecule has 0 bridgehead atoms. The molecule has 0 aromatic heterocycles. The number of ether oxygens (including phenoxy) is 1. The zero-order valence-corrected chi connectivity index (χ0v) is 8.61. The van der Waals surface area contributed by atoms with E-state index >= 15 is 0 Å². The van der Waals surface area contributed by atoms with Gasteiger partial charge in [-0.1, -0.05) is 18.2 Å². The van der Waals surface area contributed by atoms with Crippen molar-refractivity contribution >= 4 is 5.91 Å². The van der Waals surface area contributed by atoms with Crippen molar-refractivity contribution in [3.8, 4) is 0 Å². The molecule has 1 heterocycles. The summed E-state index contributed by atoms with van der Waals surface area (Å²) in [4.78, 5) is 11.8. The van der Waals surface area contributed by atoms with Crippen LogP contribution in [0.3, 0.4) is 0 Å². The Bertz CT molecular complexity index is 340. The van der Waals surface area contributed by atoms with Crippen molar-refractivity contribution in [2.24, 2.45) is 11.8 Å². The van der Waals surface area contributed by atoms with Gasteiger partial charge >= 0.3 is 0 Å². The number of carbonyl (C=O) groups excluding carboxylic acids is 1. The first-order chi connectivity index (χ1) is 7.33. The summed E-state index contributed by atoms with van der Waals surface area (Å²) in [7, 11) is 0. The molecule has 1 amide bonds. The minimum absolute atomic E-state index is 0.0621. The van der Waals surface area contributed by atoms with Crippen molar-refractivity contribution in [1.82, 2.24) is 5.32 Å². The van der Waals surface area contributed by atoms with Gasteiger partial charge in [0.2, 0.25) is 0 Å². The van der Waals surface area contributed by atoms with E-state index in [2.05, 4.69) is 17.5 Å². The smallest absolute Gasteiger partial charge is 0.251 e. The van der Waals surface area contributed by atoms with Gasteiger partial charge in [0.15, 0.2) is 0 Å². The fourth-order valence-electron chi connectivity index (χ4n) is 2.23. The third-order valence-electron chi connectivity index (χ3n) is 3.33. The van der Waals surface area contributed by atoms with E-state index in [9.17, 15) is 4.79 Å². The maximum Gasteiger partial charge on any atom is 0.251 e. The largest absolute Gasteiger partial charge is 0.379 e. The number of nitrogens with one attached hydrogen (secondary N) is 1. The Balaban J connectivity index is 1.61. The Labute approximate surface area is 89.2 Å². The second-order valence-corrected chi connectivity index (χ2v) is 4.58. The van der Waals surface area contributed by atoms with Crippen molar-refractivity contribution in [2.45, 2.75) is 18.9 Å². The molecular formula is C12H15NO2. The van der Waals surface area contributed by atoms with E-state index in [4.69, 9.17) is 4.74 Å². The minimum atomic E-state index is 0.0621. The van der Waals surface area contributed by atoms with Crippen LogP contribution in [0.15, 0.2) is 23.8 Å². The summed E-state index contributed by atoms with van der Waals surface area (Å²) in [5, 5.41) is 3.00. The van der Waals surface area contributed by atoms with Crippen molar-refractivity contribution in [1.29, 1.82) is 0 Å². The van der Waals surface area contributed by atoms with Crippen LogP contribution in [0.2, 0.25) is 0 Å². The monoisotopic (exact) mass is 205 g/mol. The number of amides is 1. The summed E-state index contributed by atoms with van der Waals surface area (Å²) in [6, 6.07) is 0.212. The maximum absolute atomic E-state index is 11.8. The molecule has 15 heavy (non-hydrogen) atoms. The van der Waals surface area contributed by atoms with Gasteiger partial charge in [0.1, 0.15) is 0 Å². The molecule has 0 aromatic carbocycles. The summed E-state index contributed by atoms with van der Waals surface area (Å²) >= 11 is 0. The first-order valence-corrected chi connectivity index (χ1v) is 5.61. The van der Waals surface area contributed by atoms with E-state index in [1.807, 2.05) is 6.08 Å². The van der Waals surface area contributed by atoms with Crippen LogP contribution in [0.5, 0.6) is 0 Å². The van der Waals surface area contributed by atoms with E-state index in [0.717, 1.165) is 24.5 Å². The van der Waals surface area contributed by atoms with Crippen molar-refractivity contribution in [3.05, 3.63) is 23.8 Å². The Morgan fingerprint density at radius 3 is 3.13 bits per heavy atom. The number of hydrogen-bond donors (Lipinski definition) is 1. The summed E-state index contributed by atoms with van der Waals surface area (Å²) in [6.45, 7) is 1.43. The first kappa shape index (κ1) is 9.16. The molecule has 2 fully saturated rings. The molecule has 3 heteroatoms. The topological polar surface area (TPSA) is 38.3 Å². The van der Waals surface area contributed by atoms with E-state index in [1.54, 1.807) is 0 Å². The fourth-order valence-corrected chi connectivity index (χ4v) is 2.23. The molecule has 0 spiro atoms. The van der Waals surface area contributed by atoms with Crippen molar-refractivity contribution in [2.75, 3.05) is 13.2 Å². The SMILES string of the molecule is O=C(NC1CCOC1)C1=CC2CC2C=C1. The van der Waals surface area contributed by atoms with E-state index in [0.29, 0.717) is 12.5 Å². The quantitative estimate of drug-likeness (QED) is 0.731. The van der Waals surface area contributed by atoms with Gasteiger partial charge < -0.3 is 10.1 Å². The van der Waals surface area contributed by atoms with Crippen LogP contribution in [0.25, 0.3) is 0 Å². The van der Waals surface area contributed by atoms with Gasteiger partial charge in [0.25, 0.3) is 5.91 Å².